The third kappa shape index (κ3) is 2.13. The number of carbonyl (C=O) groups excluding carboxylic acids is 2. The van der Waals surface area contributed by atoms with E-state index in [1.54, 1.807) is 6.92 Å². The van der Waals surface area contributed by atoms with Crippen molar-refractivity contribution in [3.05, 3.63) is 35.9 Å². The summed E-state index contributed by atoms with van der Waals surface area (Å²) in [6, 6.07) is 8.91. The second kappa shape index (κ2) is 4.71. The van der Waals surface area contributed by atoms with Gasteiger partial charge in [-0.05, 0) is 18.4 Å². The maximum absolute atomic E-state index is 11.7. The lowest BCUT2D eigenvalue weighted by molar-refractivity contribution is -0.123. The quantitative estimate of drug-likeness (QED) is 0.689. The van der Waals surface area contributed by atoms with Crippen molar-refractivity contribution in [2.75, 3.05) is 6.61 Å². The molecule has 0 radical (unpaired) electrons. The fraction of sp³-hybridized carbons (Fsp3) is 0.231. The van der Waals surface area contributed by atoms with Crippen LogP contribution in [0.1, 0.15) is 18.5 Å². The van der Waals surface area contributed by atoms with Crippen LogP contribution in [0.4, 0.5) is 4.79 Å². The normalized spacial score (nSPS) is 18.3. The van der Waals surface area contributed by atoms with E-state index in [9.17, 15) is 9.59 Å². The van der Waals surface area contributed by atoms with Gasteiger partial charge in [0.25, 0.3) is 0 Å². The van der Waals surface area contributed by atoms with E-state index in [-0.39, 0.29) is 12.6 Å². The van der Waals surface area contributed by atoms with E-state index in [0.29, 0.717) is 0 Å². The number of rotatable bonds is 1. The van der Waals surface area contributed by atoms with Gasteiger partial charge in [0.05, 0.1) is 0 Å². The summed E-state index contributed by atoms with van der Waals surface area (Å²) in [6.45, 7) is 1.73. The molecule has 1 fully saturated rings. The fourth-order valence-electron chi connectivity index (χ4n) is 1.73. The number of carbonyl (C=O) groups is 2. The van der Waals surface area contributed by atoms with Gasteiger partial charge in [0, 0.05) is 0 Å². The van der Waals surface area contributed by atoms with Crippen molar-refractivity contribution in [2.24, 2.45) is 0 Å². The van der Waals surface area contributed by atoms with Crippen LogP contribution in [-0.2, 0) is 9.53 Å². The lowest BCUT2D eigenvalue weighted by Gasteiger charge is -2.16. The molecule has 1 aliphatic heterocycles. The lowest BCUT2D eigenvalue weighted by atomic mass is 10.1. The number of cyclic esters (lactones) is 1. The van der Waals surface area contributed by atoms with E-state index in [0.717, 1.165) is 10.5 Å². The number of imide groups is 1. The minimum Gasteiger partial charge on any atom is -0.446 e. The second-order valence-corrected chi connectivity index (χ2v) is 3.55. The Balaban J connectivity index is 2.31. The monoisotopic (exact) mass is 229 g/mol. The van der Waals surface area contributed by atoms with Crippen molar-refractivity contribution in [1.82, 2.24) is 4.90 Å². The van der Waals surface area contributed by atoms with Crippen molar-refractivity contribution >= 4 is 12.0 Å². The number of benzene rings is 1. The topological polar surface area (TPSA) is 46.6 Å². The summed E-state index contributed by atoms with van der Waals surface area (Å²) in [6.07, 6.45) is -0.633. The Morgan fingerprint density at radius 1 is 1.41 bits per heavy atom. The molecule has 4 nitrogen and oxygen atoms in total. The molecular weight excluding hydrogens is 218 g/mol. The van der Waals surface area contributed by atoms with Gasteiger partial charge in [-0.1, -0.05) is 36.3 Å². The van der Waals surface area contributed by atoms with Crippen LogP contribution in [0.5, 0.6) is 0 Å². The SMILES string of the molecule is CC#CC(=O)N1C(=O)OC[C@@H]1c1ccccc1. The van der Waals surface area contributed by atoms with Gasteiger partial charge in [-0.2, -0.15) is 0 Å². The van der Waals surface area contributed by atoms with Gasteiger partial charge < -0.3 is 4.74 Å². The van der Waals surface area contributed by atoms with Crippen molar-refractivity contribution in [3.8, 4) is 11.8 Å². The molecule has 17 heavy (non-hydrogen) atoms. The molecule has 0 aromatic heterocycles. The molecule has 0 aliphatic carbocycles. The summed E-state index contributed by atoms with van der Waals surface area (Å²) in [7, 11) is 0. The molecule has 1 aromatic carbocycles. The molecule has 0 spiro atoms. The summed E-state index contributed by atoms with van der Waals surface area (Å²) < 4.78 is 4.90. The Hall–Kier alpha value is -2.28. The molecule has 4 heteroatoms. The molecule has 0 bridgehead atoms. The number of nitrogens with zero attached hydrogens (tertiary/aromatic N) is 1. The van der Waals surface area contributed by atoms with E-state index in [1.807, 2.05) is 30.3 Å². The van der Waals surface area contributed by atoms with Crippen LogP contribution in [0.25, 0.3) is 0 Å². The third-order valence-corrected chi connectivity index (χ3v) is 2.51. The molecule has 2 rings (SSSR count). The molecule has 1 atom stereocenters. The lowest BCUT2D eigenvalue weighted by Crippen LogP contribution is -2.33. The highest BCUT2D eigenvalue weighted by molar-refractivity contribution is 6.03. The zero-order valence-corrected chi connectivity index (χ0v) is 9.34. The van der Waals surface area contributed by atoms with Crippen molar-refractivity contribution in [1.29, 1.82) is 0 Å². The number of amides is 2. The van der Waals surface area contributed by atoms with Gasteiger partial charge in [-0.3, -0.25) is 4.79 Å². The van der Waals surface area contributed by atoms with Crippen LogP contribution in [0, 0.1) is 11.8 Å². The van der Waals surface area contributed by atoms with E-state index in [4.69, 9.17) is 4.74 Å². The minimum atomic E-state index is -0.633. The minimum absolute atomic E-state index is 0.181. The predicted molar refractivity (Wildman–Crippen MR) is 60.8 cm³/mol. The molecule has 1 aliphatic rings. The number of ether oxygens (including phenoxy) is 1. The van der Waals surface area contributed by atoms with Crippen molar-refractivity contribution in [3.63, 3.8) is 0 Å². The van der Waals surface area contributed by atoms with Gasteiger partial charge in [0.15, 0.2) is 0 Å². The summed E-state index contributed by atoms with van der Waals surface area (Å²) in [5.74, 6) is 4.32. The summed E-state index contributed by atoms with van der Waals surface area (Å²) >= 11 is 0. The largest absolute Gasteiger partial charge is 0.446 e. The first kappa shape index (κ1) is 11.2. The molecule has 2 amide bonds. The second-order valence-electron chi connectivity index (χ2n) is 3.55. The highest BCUT2D eigenvalue weighted by Gasteiger charge is 2.38. The molecule has 1 saturated heterocycles. The summed E-state index contributed by atoms with van der Waals surface area (Å²) in [4.78, 5) is 24.2. The predicted octanol–water partition coefficient (Wildman–Crippen LogP) is 1.73. The van der Waals surface area contributed by atoms with Crippen LogP contribution in [0.3, 0.4) is 0 Å². The maximum atomic E-state index is 11.7. The van der Waals surface area contributed by atoms with Gasteiger partial charge in [0.2, 0.25) is 0 Å². The van der Waals surface area contributed by atoms with Crippen LogP contribution >= 0.6 is 0 Å². The molecule has 0 saturated carbocycles. The van der Waals surface area contributed by atoms with E-state index in [1.165, 1.54) is 0 Å². The smallest absolute Gasteiger partial charge is 0.418 e. The first-order chi connectivity index (χ1) is 8.24. The zero-order valence-electron chi connectivity index (χ0n) is 9.34. The zero-order chi connectivity index (χ0) is 12.3. The molecule has 0 unspecified atom stereocenters. The molecule has 0 N–H and O–H groups in total. The molecule has 1 heterocycles. The highest BCUT2D eigenvalue weighted by Crippen LogP contribution is 2.27. The van der Waals surface area contributed by atoms with Gasteiger partial charge in [-0.25, -0.2) is 9.69 Å². The Kier molecular flexibility index (Phi) is 3.10. The maximum Gasteiger partial charge on any atom is 0.418 e. The molecule has 86 valence electrons. The van der Waals surface area contributed by atoms with Crippen LogP contribution < -0.4 is 0 Å². The van der Waals surface area contributed by atoms with Crippen molar-refractivity contribution in [2.45, 2.75) is 13.0 Å². The summed E-state index contributed by atoms with van der Waals surface area (Å²) in [5, 5.41) is 0. The average Bonchev–Trinajstić information content (AvgIpc) is 2.73. The van der Waals surface area contributed by atoms with Crippen molar-refractivity contribution < 1.29 is 14.3 Å². The summed E-state index contributed by atoms with van der Waals surface area (Å²) in [5.41, 5.74) is 0.865. The van der Waals surface area contributed by atoms with Gasteiger partial charge in [0.1, 0.15) is 12.6 Å². The Bertz CT molecular complexity index is 498. The standard InChI is InChI=1S/C13H11NO3/c1-2-6-12(15)14-11(9-17-13(14)16)10-7-4-3-5-8-10/h3-5,7-8,11H,9H2,1H3/t11-/m1/s1. The van der Waals surface area contributed by atoms with E-state index in [2.05, 4.69) is 11.8 Å². The van der Waals surface area contributed by atoms with Gasteiger partial charge in [-0.15, -0.1) is 0 Å². The van der Waals surface area contributed by atoms with Crippen LogP contribution in [0.2, 0.25) is 0 Å². The van der Waals surface area contributed by atoms with E-state index >= 15 is 0 Å². The fourth-order valence-corrected chi connectivity index (χ4v) is 1.73. The average molecular weight is 229 g/mol. The molecule has 1 aromatic rings. The first-order valence-corrected chi connectivity index (χ1v) is 5.21. The van der Waals surface area contributed by atoms with Crippen LogP contribution in [-0.4, -0.2) is 23.5 Å². The number of hydrogen-bond acceptors (Lipinski definition) is 3. The Morgan fingerprint density at radius 3 is 2.76 bits per heavy atom. The van der Waals surface area contributed by atoms with E-state index < -0.39 is 12.0 Å². The highest BCUT2D eigenvalue weighted by atomic mass is 16.6. The first-order valence-electron chi connectivity index (χ1n) is 5.21. The Labute approximate surface area is 99.2 Å². The van der Waals surface area contributed by atoms with Gasteiger partial charge >= 0.3 is 12.0 Å². The number of hydrogen-bond donors (Lipinski definition) is 0. The third-order valence-electron chi connectivity index (χ3n) is 2.51. The molecular formula is C13H11NO3. The van der Waals surface area contributed by atoms with Crippen LogP contribution in [0.15, 0.2) is 30.3 Å². The Morgan fingerprint density at radius 2 is 2.12 bits per heavy atom.